The molecule has 0 aliphatic carbocycles. The van der Waals surface area contributed by atoms with Gasteiger partial charge in [-0.1, -0.05) is 17.7 Å². The summed E-state index contributed by atoms with van der Waals surface area (Å²) < 4.78 is 47.2. The van der Waals surface area contributed by atoms with Crippen LogP contribution in [0.15, 0.2) is 48.7 Å². The van der Waals surface area contributed by atoms with Crippen LogP contribution in [0.3, 0.4) is 0 Å². The Balaban J connectivity index is 1.48. The van der Waals surface area contributed by atoms with Gasteiger partial charge in [0.25, 0.3) is 0 Å². The van der Waals surface area contributed by atoms with Crippen LogP contribution in [-0.2, 0) is 22.9 Å². The lowest BCUT2D eigenvalue weighted by Gasteiger charge is -2.49. The van der Waals surface area contributed by atoms with E-state index in [-0.39, 0.29) is 28.5 Å². The van der Waals surface area contributed by atoms with Crippen molar-refractivity contribution in [3.8, 4) is 17.1 Å². The van der Waals surface area contributed by atoms with Crippen LogP contribution >= 0.6 is 11.6 Å². The molecule has 1 amide bonds. The number of nitrogens with zero attached hydrogens (tertiary/aromatic N) is 4. The summed E-state index contributed by atoms with van der Waals surface area (Å²) in [6.07, 6.45) is -1.36. The Labute approximate surface area is 236 Å². The van der Waals surface area contributed by atoms with Crippen molar-refractivity contribution in [2.45, 2.75) is 44.3 Å². The molecular formula is C29H31ClF3N5O2. The highest BCUT2D eigenvalue weighted by Gasteiger charge is 2.44. The topological polar surface area (TPSA) is 84.6 Å². The molecule has 5 rings (SSSR count). The van der Waals surface area contributed by atoms with Crippen LogP contribution in [0.2, 0.25) is 5.02 Å². The largest absolute Gasteiger partial charge is 0.477 e. The van der Waals surface area contributed by atoms with Crippen LogP contribution < -0.4 is 15.4 Å². The number of halogens is 4. The third kappa shape index (κ3) is 5.74. The fourth-order valence-corrected chi connectivity index (χ4v) is 6.09. The minimum Gasteiger partial charge on any atom is -0.477 e. The maximum absolute atomic E-state index is 13.8. The van der Waals surface area contributed by atoms with E-state index in [4.69, 9.17) is 27.1 Å². The van der Waals surface area contributed by atoms with E-state index in [2.05, 4.69) is 16.0 Å². The molecule has 0 atom stereocenters. The normalized spacial score (nSPS) is 17.1. The summed E-state index contributed by atoms with van der Waals surface area (Å²) in [5.74, 6) is 0.126. The highest BCUT2D eigenvalue weighted by Crippen LogP contribution is 2.45. The molecule has 1 aromatic carbocycles. The fraction of sp³-hybridized carbons (Fsp3) is 0.414. The molecule has 0 bridgehead atoms. The van der Waals surface area contributed by atoms with Gasteiger partial charge in [-0.15, -0.1) is 0 Å². The Morgan fingerprint density at radius 1 is 1.18 bits per heavy atom. The van der Waals surface area contributed by atoms with Crippen molar-refractivity contribution in [3.63, 3.8) is 0 Å². The van der Waals surface area contributed by atoms with Gasteiger partial charge in [0.2, 0.25) is 11.8 Å². The van der Waals surface area contributed by atoms with Crippen molar-refractivity contribution in [1.82, 2.24) is 14.9 Å². The molecule has 1 fully saturated rings. The number of hydrogen-bond donors (Lipinski definition) is 1. The average Bonchev–Trinajstić information content (AvgIpc) is 2.92. The quantitative estimate of drug-likeness (QED) is 0.405. The third-order valence-corrected chi connectivity index (χ3v) is 8.01. The summed E-state index contributed by atoms with van der Waals surface area (Å²) in [6, 6.07) is 11.7. The van der Waals surface area contributed by atoms with Gasteiger partial charge in [-0.25, -0.2) is 4.98 Å². The first-order chi connectivity index (χ1) is 19.1. The number of fused-ring (bicyclic) bond motifs is 2. The second-order valence-corrected chi connectivity index (χ2v) is 10.8. The Hall–Kier alpha value is -3.37. The second kappa shape index (κ2) is 11.2. The van der Waals surface area contributed by atoms with Gasteiger partial charge in [-0.05, 0) is 61.7 Å². The van der Waals surface area contributed by atoms with Crippen LogP contribution in [-0.4, -0.2) is 53.6 Å². The summed E-state index contributed by atoms with van der Waals surface area (Å²) in [7, 11) is 0. The lowest BCUT2D eigenvalue weighted by atomic mass is 9.69. The summed E-state index contributed by atoms with van der Waals surface area (Å²) in [4.78, 5) is 24.9. The van der Waals surface area contributed by atoms with Crippen LogP contribution in [0.1, 0.15) is 43.0 Å². The average molecular weight is 574 g/mol. The zero-order valence-corrected chi connectivity index (χ0v) is 22.9. The van der Waals surface area contributed by atoms with E-state index in [1.807, 2.05) is 25.1 Å². The number of primary amides is 1. The third-order valence-electron chi connectivity index (χ3n) is 7.77. The van der Waals surface area contributed by atoms with Gasteiger partial charge in [-0.3, -0.25) is 14.7 Å². The Morgan fingerprint density at radius 2 is 1.95 bits per heavy atom. The second-order valence-electron chi connectivity index (χ2n) is 10.3. The van der Waals surface area contributed by atoms with E-state index in [0.717, 1.165) is 28.6 Å². The van der Waals surface area contributed by atoms with Crippen LogP contribution in [0.4, 0.5) is 18.9 Å². The minimum atomic E-state index is -4.51. The van der Waals surface area contributed by atoms with Crippen LogP contribution in [0.25, 0.3) is 11.3 Å². The van der Waals surface area contributed by atoms with Crippen molar-refractivity contribution in [2.24, 2.45) is 5.73 Å². The zero-order valence-electron chi connectivity index (χ0n) is 22.2. The van der Waals surface area contributed by atoms with Gasteiger partial charge in [-0.2, -0.15) is 13.2 Å². The highest BCUT2D eigenvalue weighted by atomic mass is 35.5. The molecule has 1 spiro atoms. The SMILES string of the molecule is CCOc1ncccc1-c1ccc2c(n1)CN(CCC(N)=O)CC21CCN(c2ccc(Cl)cc2C(F)(F)F)CC1. The van der Waals surface area contributed by atoms with Gasteiger partial charge in [0.15, 0.2) is 0 Å². The lowest BCUT2D eigenvalue weighted by Crippen LogP contribution is -2.52. The number of alkyl halides is 3. The van der Waals surface area contributed by atoms with E-state index >= 15 is 0 Å². The van der Waals surface area contributed by atoms with Gasteiger partial charge >= 0.3 is 6.18 Å². The molecule has 2 aliphatic rings. The number of anilines is 1. The Bertz CT molecular complexity index is 1390. The standard InChI is InChI=1S/C29H31ClF3N5O2/c1-2-40-27-20(4-3-12-35-27)23-7-6-21-24(36-23)17-37(13-9-26(34)39)18-28(21)10-14-38(15-11-28)25-8-5-19(30)16-22(25)29(31,32)33/h3-8,12,16H,2,9-11,13-15,17-18H2,1H3,(H2,34,39). The molecule has 0 unspecified atom stereocenters. The first kappa shape index (κ1) is 28.2. The number of ether oxygens (including phenoxy) is 1. The van der Waals surface area contributed by atoms with Crippen LogP contribution in [0, 0.1) is 0 Å². The molecule has 2 aromatic heterocycles. The number of carbonyl (C=O) groups is 1. The van der Waals surface area contributed by atoms with Crippen molar-refractivity contribution < 1.29 is 22.7 Å². The molecular weight excluding hydrogens is 543 g/mol. The molecule has 7 nitrogen and oxygen atoms in total. The molecule has 40 heavy (non-hydrogen) atoms. The predicted octanol–water partition coefficient (Wildman–Crippen LogP) is 5.44. The molecule has 212 valence electrons. The summed E-state index contributed by atoms with van der Waals surface area (Å²) in [5.41, 5.74) is 8.04. The number of piperidine rings is 1. The van der Waals surface area contributed by atoms with Crippen molar-refractivity contribution in [1.29, 1.82) is 0 Å². The number of hydrogen-bond acceptors (Lipinski definition) is 6. The van der Waals surface area contributed by atoms with E-state index in [1.54, 1.807) is 11.1 Å². The van der Waals surface area contributed by atoms with E-state index < -0.39 is 11.7 Å². The first-order valence-corrected chi connectivity index (χ1v) is 13.7. The monoisotopic (exact) mass is 573 g/mol. The number of pyridine rings is 2. The predicted molar refractivity (Wildman–Crippen MR) is 147 cm³/mol. The highest BCUT2D eigenvalue weighted by molar-refractivity contribution is 6.30. The van der Waals surface area contributed by atoms with E-state index in [9.17, 15) is 18.0 Å². The molecule has 11 heteroatoms. The zero-order chi connectivity index (χ0) is 28.5. The molecule has 4 heterocycles. The number of benzene rings is 1. The molecule has 2 aliphatic heterocycles. The Kier molecular flexibility index (Phi) is 7.92. The number of amides is 1. The summed E-state index contributed by atoms with van der Waals surface area (Å²) >= 11 is 5.91. The van der Waals surface area contributed by atoms with Gasteiger partial charge in [0, 0.05) is 61.5 Å². The number of aromatic nitrogens is 2. The number of rotatable bonds is 7. The van der Waals surface area contributed by atoms with Crippen LogP contribution in [0.5, 0.6) is 5.88 Å². The smallest absolute Gasteiger partial charge is 0.418 e. The van der Waals surface area contributed by atoms with Gasteiger partial charge in [0.05, 0.1) is 29.1 Å². The van der Waals surface area contributed by atoms with Gasteiger partial charge < -0.3 is 15.4 Å². The molecule has 0 saturated carbocycles. The maximum Gasteiger partial charge on any atom is 0.418 e. The molecule has 1 saturated heterocycles. The first-order valence-electron chi connectivity index (χ1n) is 13.3. The molecule has 2 N–H and O–H groups in total. The van der Waals surface area contributed by atoms with E-state index in [1.165, 1.54) is 12.1 Å². The summed E-state index contributed by atoms with van der Waals surface area (Å²) in [6.45, 7) is 4.94. The number of carbonyl (C=O) groups excluding carboxylic acids is 1. The van der Waals surface area contributed by atoms with Crippen molar-refractivity contribution >= 4 is 23.2 Å². The van der Waals surface area contributed by atoms with E-state index in [0.29, 0.717) is 58.1 Å². The molecule has 0 radical (unpaired) electrons. The minimum absolute atomic E-state index is 0.0545. The van der Waals surface area contributed by atoms with Gasteiger partial charge in [0.1, 0.15) is 0 Å². The lowest BCUT2D eigenvalue weighted by molar-refractivity contribution is -0.137. The maximum atomic E-state index is 13.8. The Morgan fingerprint density at radius 3 is 2.65 bits per heavy atom. The number of nitrogens with two attached hydrogens (primary N) is 1. The molecule has 3 aromatic rings. The summed E-state index contributed by atoms with van der Waals surface area (Å²) in [5, 5.41) is 0.0545. The fourth-order valence-electron chi connectivity index (χ4n) is 5.91. The van der Waals surface area contributed by atoms with Crippen molar-refractivity contribution in [3.05, 3.63) is 70.5 Å². The van der Waals surface area contributed by atoms with Crippen molar-refractivity contribution in [2.75, 3.05) is 37.7 Å².